The van der Waals surface area contributed by atoms with Crippen LogP contribution in [-0.4, -0.2) is 44.0 Å². The Bertz CT molecular complexity index is 863. The Kier molecular flexibility index (Phi) is 5.53. The van der Waals surface area contributed by atoms with Gasteiger partial charge in [-0.25, -0.2) is 4.39 Å². The van der Waals surface area contributed by atoms with E-state index in [4.69, 9.17) is 9.57 Å². The molecule has 1 fully saturated rings. The number of nitrogens with zero attached hydrogens (tertiary/aromatic N) is 2. The summed E-state index contributed by atoms with van der Waals surface area (Å²) in [4.78, 5) is 19.9. The van der Waals surface area contributed by atoms with E-state index in [0.29, 0.717) is 24.2 Å². The van der Waals surface area contributed by atoms with E-state index in [1.807, 2.05) is 12.1 Å². The van der Waals surface area contributed by atoms with Crippen LogP contribution in [0.4, 0.5) is 10.1 Å². The number of morpholine rings is 1. The molecule has 0 radical (unpaired) electrons. The number of oxime groups is 1. The first-order valence-electron chi connectivity index (χ1n) is 9.37. The molecule has 0 unspecified atom stereocenters. The molecule has 0 aliphatic carbocycles. The highest BCUT2D eigenvalue weighted by Crippen LogP contribution is 2.19. The van der Waals surface area contributed by atoms with Crippen molar-refractivity contribution in [3.63, 3.8) is 0 Å². The fourth-order valence-corrected chi connectivity index (χ4v) is 3.31. The smallest absolute Gasteiger partial charge is 0.264 e. The molecule has 6 nitrogen and oxygen atoms in total. The maximum atomic E-state index is 13.3. The topological polar surface area (TPSA) is 63.2 Å². The average molecular weight is 383 g/mol. The first-order chi connectivity index (χ1) is 13.7. The molecule has 7 heteroatoms. The molecule has 1 saturated heterocycles. The number of ether oxygens (including phenoxy) is 1. The molecule has 146 valence electrons. The van der Waals surface area contributed by atoms with Gasteiger partial charge in [0, 0.05) is 37.3 Å². The molecule has 1 amide bonds. The van der Waals surface area contributed by atoms with Crippen LogP contribution in [0.15, 0.2) is 53.7 Å². The summed E-state index contributed by atoms with van der Waals surface area (Å²) in [5.74, 6) is -0.568. The maximum absolute atomic E-state index is 13.3. The highest BCUT2D eigenvalue weighted by molar-refractivity contribution is 6.04. The minimum atomic E-state index is -0.689. The number of halogens is 1. The lowest BCUT2D eigenvalue weighted by Gasteiger charge is -2.28. The monoisotopic (exact) mass is 383 g/mol. The molecule has 0 aromatic heterocycles. The summed E-state index contributed by atoms with van der Waals surface area (Å²) < 4.78 is 18.7. The van der Waals surface area contributed by atoms with Gasteiger partial charge in [-0.3, -0.25) is 4.79 Å². The predicted octanol–water partition coefficient (Wildman–Crippen LogP) is 2.47. The minimum absolute atomic E-state index is 0.229. The van der Waals surface area contributed by atoms with Crippen molar-refractivity contribution < 1.29 is 18.8 Å². The Morgan fingerprint density at radius 1 is 1.18 bits per heavy atom. The van der Waals surface area contributed by atoms with Crippen LogP contribution in [0.5, 0.6) is 0 Å². The van der Waals surface area contributed by atoms with Crippen LogP contribution in [-0.2, 0) is 20.9 Å². The van der Waals surface area contributed by atoms with Gasteiger partial charge in [-0.15, -0.1) is 0 Å². The van der Waals surface area contributed by atoms with E-state index in [-0.39, 0.29) is 11.7 Å². The van der Waals surface area contributed by atoms with Gasteiger partial charge in [-0.2, -0.15) is 0 Å². The van der Waals surface area contributed by atoms with Crippen molar-refractivity contribution >= 4 is 17.3 Å². The van der Waals surface area contributed by atoms with Gasteiger partial charge < -0.3 is 19.8 Å². The highest BCUT2D eigenvalue weighted by atomic mass is 19.1. The second-order valence-corrected chi connectivity index (χ2v) is 6.83. The van der Waals surface area contributed by atoms with E-state index in [1.165, 1.54) is 12.1 Å². The summed E-state index contributed by atoms with van der Waals surface area (Å²) >= 11 is 0. The fraction of sp³-hybridized carbons (Fsp3) is 0.333. The lowest BCUT2D eigenvalue weighted by Crippen LogP contribution is -2.36. The van der Waals surface area contributed by atoms with Gasteiger partial charge in [0.05, 0.1) is 18.9 Å². The van der Waals surface area contributed by atoms with Crippen molar-refractivity contribution in [1.29, 1.82) is 0 Å². The standard InChI is InChI=1S/C21H22FN3O3/c22-17-3-1-2-16(12-17)19-13-20(28-24-19)21(26)23-14-15-4-6-18(7-5-15)25-8-10-27-11-9-25/h1-7,12,20H,8-11,13-14H2,(H,23,26)/t20-/m0/s1. The Morgan fingerprint density at radius 2 is 1.96 bits per heavy atom. The Hall–Kier alpha value is -2.93. The van der Waals surface area contributed by atoms with Crippen molar-refractivity contribution in [2.75, 3.05) is 31.2 Å². The number of nitrogens with one attached hydrogen (secondary N) is 1. The molecule has 1 N–H and O–H groups in total. The summed E-state index contributed by atoms with van der Waals surface area (Å²) in [6.45, 7) is 3.70. The third-order valence-corrected chi connectivity index (χ3v) is 4.90. The molecule has 2 heterocycles. The molecular weight excluding hydrogens is 361 g/mol. The molecule has 4 rings (SSSR count). The van der Waals surface area contributed by atoms with Crippen LogP contribution in [0.25, 0.3) is 0 Å². The summed E-state index contributed by atoms with van der Waals surface area (Å²) in [5, 5.41) is 6.82. The molecule has 0 spiro atoms. The van der Waals surface area contributed by atoms with Crippen LogP contribution >= 0.6 is 0 Å². The van der Waals surface area contributed by atoms with Crippen molar-refractivity contribution in [2.45, 2.75) is 19.1 Å². The Labute approximate surface area is 162 Å². The summed E-state index contributed by atoms with van der Waals surface area (Å²) in [6.07, 6.45) is -0.364. The summed E-state index contributed by atoms with van der Waals surface area (Å²) in [6, 6.07) is 14.3. The van der Waals surface area contributed by atoms with Crippen LogP contribution < -0.4 is 10.2 Å². The number of benzene rings is 2. The maximum Gasteiger partial charge on any atom is 0.264 e. The number of amides is 1. The quantitative estimate of drug-likeness (QED) is 0.862. The SMILES string of the molecule is O=C(NCc1ccc(N2CCOCC2)cc1)[C@@H]1CC(c2cccc(F)c2)=NO1. The van der Waals surface area contributed by atoms with E-state index in [2.05, 4.69) is 27.5 Å². The van der Waals surface area contributed by atoms with Crippen molar-refractivity contribution in [2.24, 2.45) is 5.16 Å². The van der Waals surface area contributed by atoms with Crippen LogP contribution in [0.2, 0.25) is 0 Å². The number of carbonyl (C=O) groups excluding carboxylic acids is 1. The molecule has 2 aliphatic rings. The third-order valence-electron chi connectivity index (χ3n) is 4.90. The molecular formula is C21H22FN3O3. The number of anilines is 1. The molecule has 2 aromatic carbocycles. The average Bonchev–Trinajstić information content (AvgIpc) is 3.24. The van der Waals surface area contributed by atoms with Crippen LogP contribution in [0.3, 0.4) is 0 Å². The van der Waals surface area contributed by atoms with Gasteiger partial charge in [-0.1, -0.05) is 29.4 Å². The molecule has 0 bridgehead atoms. The zero-order valence-corrected chi connectivity index (χ0v) is 15.4. The Balaban J connectivity index is 1.28. The third kappa shape index (κ3) is 4.31. The zero-order valence-electron chi connectivity index (χ0n) is 15.4. The number of carbonyl (C=O) groups is 1. The van der Waals surface area contributed by atoms with E-state index < -0.39 is 6.10 Å². The number of hydrogen-bond acceptors (Lipinski definition) is 5. The van der Waals surface area contributed by atoms with E-state index >= 15 is 0 Å². The lowest BCUT2D eigenvalue weighted by molar-refractivity contribution is -0.131. The lowest BCUT2D eigenvalue weighted by atomic mass is 10.0. The van der Waals surface area contributed by atoms with E-state index in [0.717, 1.165) is 37.6 Å². The second-order valence-electron chi connectivity index (χ2n) is 6.83. The van der Waals surface area contributed by atoms with Gasteiger partial charge in [0.25, 0.3) is 5.91 Å². The van der Waals surface area contributed by atoms with Gasteiger partial charge in [0.2, 0.25) is 6.10 Å². The molecule has 1 atom stereocenters. The number of rotatable bonds is 5. The van der Waals surface area contributed by atoms with Crippen molar-refractivity contribution in [3.8, 4) is 0 Å². The molecule has 28 heavy (non-hydrogen) atoms. The zero-order chi connectivity index (χ0) is 19.3. The first-order valence-corrected chi connectivity index (χ1v) is 9.37. The normalized spacial score (nSPS) is 19.1. The van der Waals surface area contributed by atoms with Gasteiger partial charge in [0.15, 0.2) is 0 Å². The molecule has 0 saturated carbocycles. The van der Waals surface area contributed by atoms with Crippen molar-refractivity contribution in [3.05, 3.63) is 65.5 Å². The van der Waals surface area contributed by atoms with Crippen LogP contribution in [0, 0.1) is 5.82 Å². The number of hydrogen-bond donors (Lipinski definition) is 1. The summed E-state index contributed by atoms with van der Waals surface area (Å²) in [7, 11) is 0. The second kappa shape index (κ2) is 8.39. The van der Waals surface area contributed by atoms with Gasteiger partial charge >= 0.3 is 0 Å². The first kappa shape index (κ1) is 18.4. The highest BCUT2D eigenvalue weighted by Gasteiger charge is 2.28. The van der Waals surface area contributed by atoms with E-state index in [9.17, 15) is 9.18 Å². The van der Waals surface area contributed by atoms with Gasteiger partial charge in [-0.05, 0) is 29.8 Å². The summed E-state index contributed by atoms with van der Waals surface area (Å²) in [5.41, 5.74) is 3.38. The predicted molar refractivity (Wildman–Crippen MR) is 104 cm³/mol. The fourth-order valence-electron chi connectivity index (χ4n) is 3.31. The Morgan fingerprint density at radius 3 is 2.71 bits per heavy atom. The van der Waals surface area contributed by atoms with Crippen LogP contribution in [0.1, 0.15) is 17.5 Å². The largest absolute Gasteiger partial charge is 0.382 e. The van der Waals surface area contributed by atoms with E-state index in [1.54, 1.807) is 12.1 Å². The van der Waals surface area contributed by atoms with Gasteiger partial charge in [0.1, 0.15) is 5.82 Å². The molecule has 2 aliphatic heterocycles. The molecule has 2 aromatic rings. The van der Waals surface area contributed by atoms with Crippen molar-refractivity contribution in [1.82, 2.24) is 5.32 Å². The minimum Gasteiger partial charge on any atom is -0.382 e.